The van der Waals surface area contributed by atoms with Crippen LogP contribution in [-0.4, -0.2) is 32.4 Å². The molecular formula is C8H12F2N4O2S. The molecule has 0 spiro atoms. The van der Waals surface area contributed by atoms with E-state index in [1.807, 2.05) is 0 Å². The number of aromatic nitrogens is 1. The summed E-state index contributed by atoms with van der Waals surface area (Å²) in [6.45, 7) is -1.46. The van der Waals surface area contributed by atoms with Crippen LogP contribution in [-0.2, 0) is 10.0 Å². The molecule has 0 saturated carbocycles. The van der Waals surface area contributed by atoms with E-state index in [9.17, 15) is 17.2 Å². The van der Waals surface area contributed by atoms with Crippen molar-refractivity contribution in [1.29, 1.82) is 0 Å². The summed E-state index contributed by atoms with van der Waals surface area (Å²) in [6.07, 6.45) is 0.984. The van der Waals surface area contributed by atoms with Gasteiger partial charge < -0.3 is 11.1 Å². The minimum Gasteiger partial charge on any atom is -0.364 e. The molecule has 5 N–H and O–H groups in total. The molecule has 1 aromatic rings. The fourth-order valence-corrected chi connectivity index (χ4v) is 1.40. The smallest absolute Gasteiger partial charge is 0.276 e. The molecule has 0 unspecified atom stereocenters. The zero-order valence-electron chi connectivity index (χ0n) is 8.73. The van der Waals surface area contributed by atoms with Gasteiger partial charge >= 0.3 is 0 Å². The number of sulfonamides is 1. The fourth-order valence-electron chi connectivity index (χ4n) is 0.945. The van der Waals surface area contributed by atoms with Crippen LogP contribution in [0.25, 0.3) is 0 Å². The van der Waals surface area contributed by atoms with Crippen molar-refractivity contribution in [2.75, 3.05) is 18.4 Å². The Kier molecular flexibility index (Phi) is 3.96. The molecule has 0 aliphatic heterocycles. The highest BCUT2D eigenvalue weighted by Crippen LogP contribution is 2.13. The largest absolute Gasteiger partial charge is 0.364 e. The van der Waals surface area contributed by atoms with Crippen molar-refractivity contribution in [3.05, 3.63) is 18.3 Å². The minimum absolute atomic E-state index is 0.116. The number of nitrogens with zero attached hydrogens (tertiary/aromatic N) is 1. The van der Waals surface area contributed by atoms with Crippen molar-refractivity contribution >= 4 is 15.8 Å². The average Bonchev–Trinajstić information content (AvgIpc) is 2.26. The second kappa shape index (κ2) is 4.90. The van der Waals surface area contributed by atoms with E-state index in [2.05, 4.69) is 10.3 Å². The number of halogens is 2. The molecule has 0 bridgehead atoms. The number of pyridine rings is 1. The normalized spacial score (nSPS) is 12.5. The number of rotatable bonds is 5. The van der Waals surface area contributed by atoms with Gasteiger partial charge in [-0.15, -0.1) is 0 Å². The predicted molar refractivity (Wildman–Crippen MR) is 58.1 cm³/mol. The Balaban J connectivity index is 2.70. The second-order valence-corrected chi connectivity index (χ2v) is 4.90. The topological polar surface area (TPSA) is 111 Å². The lowest BCUT2D eigenvalue weighted by atomic mass is 10.3. The van der Waals surface area contributed by atoms with Crippen molar-refractivity contribution in [2.24, 2.45) is 10.9 Å². The third kappa shape index (κ3) is 4.21. The Bertz CT molecular complexity index is 475. The quantitative estimate of drug-likeness (QED) is 0.679. The molecule has 6 nitrogen and oxygen atoms in total. The summed E-state index contributed by atoms with van der Waals surface area (Å²) < 4.78 is 47.3. The lowest BCUT2D eigenvalue weighted by molar-refractivity contribution is 0.0253. The van der Waals surface area contributed by atoms with Crippen molar-refractivity contribution in [3.8, 4) is 0 Å². The Morgan fingerprint density at radius 1 is 1.41 bits per heavy atom. The van der Waals surface area contributed by atoms with Crippen LogP contribution in [0, 0.1) is 0 Å². The van der Waals surface area contributed by atoms with E-state index in [1.165, 1.54) is 12.1 Å². The molecule has 0 fully saturated rings. The summed E-state index contributed by atoms with van der Waals surface area (Å²) in [5.74, 6) is -2.93. The van der Waals surface area contributed by atoms with E-state index in [4.69, 9.17) is 10.9 Å². The summed E-state index contributed by atoms with van der Waals surface area (Å²) in [5.41, 5.74) is 4.85. The van der Waals surface area contributed by atoms with Crippen LogP contribution in [0.5, 0.6) is 0 Å². The summed E-state index contributed by atoms with van der Waals surface area (Å²) in [7, 11) is -3.83. The Labute approximate surface area is 97.1 Å². The highest BCUT2D eigenvalue weighted by Gasteiger charge is 2.26. The maximum absolute atomic E-state index is 12.8. The average molecular weight is 266 g/mol. The highest BCUT2D eigenvalue weighted by molar-refractivity contribution is 7.89. The number of nitrogens with two attached hydrogens (primary N) is 2. The first-order chi connectivity index (χ1) is 7.74. The van der Waals surface area contributed by atoms with Gasteiger partial charge in [-0.2, -0.15) is 0 Å². The van der Waals surface area contributed by atoms with Gasteiger partial charge in [0.05, 0.1) is 13.1 Å². The van der Waals surface area contributed by atoms with Crippen molar-refractivity contribution in [3.63, 3.8) is 0 Å². The van der Waals surface area contributed by atoms with Gasteiger partial charge in [-0.3, -0.25) is 0 Å². The Morgan fingerprint density at radius 3 is 2.47 bits per heavy atom. The van der Waals surface area contributed by atoms with Gasteiger partial charge in [0.2, 0.25) is 10.0 Å². The molecule has 9 heteroatoms. The van der Waals surface area contributed by atoms with E-state index in [-0.39, 0.29) is 10.7 Å². The molecule has 17 heavy (non-hydrogen) atoms. The molecular weight excluding hydrogens is 254 g/mol. The standard InChI is InChI=1S/C8H12F2N4O2S/c9-8(10,4-11)5-14-7-2-1-6(3-13-7)17(12,15)16/h1-3H,4-5,11H2,(H,13,14)(H2,12,15,16). The van der Waals surface area contributed by atoms with Gasteiger partial charge in [-0.05, 0) is 12.1 Å². The molecule has 0 saturated heterocycles. The zero-order valence-corrected chi connectivity index (χ0v) is 9.55. The maximum atomic E-state index is 12.8. The summed E-state index contributed by atoms with van der Waals surface area (Å²) in [5, 5.41) is 7.18. The van der Waals surface area contributed by atoms with Gasteiger partial charge in [0.25, 0.3) is 5.92 Å². The lowest BCUT2D eigenvalue weighted by Gasteiger charge is -2.14. The molecule has 1 rings (SSSR count). The Hall–Kier alpha value is -1.32. The minimum atomic E-state index is -3.83. The SMILES string of the molecule is NCC(F)(F)CNc1ccc(S(N)(=O)=O)cn1. The third-order valence-corrected chi connectivity index (χ3v) is 2.79. The van der Waals surface area contributed by atoms with Crippen molar-refractivity contribution < 1.29 is 17.2 Å². The number of hydrogen-bond donors (Lipinski definition) is 3. The molecule has 0 aliphatic rings. The monoisotopic (exact) mass is 266 g/mol. The molecule has 0 amide bonds. The van der Waals surface area contributed by atoms with Gasteiger partial charge in [0.15, 0.2) is 0 Å². The van der Waals surface area contributed by atoms with Crippen LogP contribution in [0.15, 0.2) is 23.2 Å². The van der Waals surface area contributed by atoms with Gasteiger partial charge in [-0.1, -0.05) is 0 Å². The molecule has 0 aliphatic carbocycles. The number of hydrogen-bond acceptors (Lipinski definition) is 5. The highest BCUT2D eigenvalue weighted by atomic mass is 32.2. The van der Waals surface area contributed by atoms with E-state index in [0.717, 1.165) is 6.20 Å². The zero-order chi connectivity index (χ0) is 13.1. The predicted octanol–water partition coefficient (Wildman–Crippen LogP) is -0.265. The van der Waals surface area contributed by atoms with Gasteiger partial charge in [0, 0.05) is 6.20 Å². The lowest BCUT2D eigenvalue weighted by Crippen LogP contribution is -2.35. The molecule has 1 heterocycles. The maximum Gasteiger partial charge on any atom is 0.276 e. The molecule has 0 radical (unpaired) electrons. The van der Waals surface area contributed by atoms with E-state index in [0.29, 0.717) is 0 Å². The fraction of sp³-hybridized carbons (Fsp3) is 0.375. The number of anilines is 1. The van der Waals surface area contributed by atoms with Gasteiger partial charge in [0.1, 0.15) is 10.7 Å². The van der Waals surface area contributed by atoms with Crippen LogP contribution in [0.4, 0.5) is 14.6 Å². The van der Waals surface area contributed by atoms with Crippen LogP contribution in [0.2, 0.25) is 0 Å². The summed E-state index contributed by atoms with van der Waals surface area (Å²) in [4.78, 5) is 3.45. The molecule has 0 aromatic carbocycles. The first-order valence-corrected chi connectivity index (χ1v) is 6.10. The number of primary sulfonamides is 1. The van der Waals surface area contributed by atoms with E-state index >= 15 is 0 Å². The number of alkyl halides is 2. The summed E-state index contributed by atoms with van der Waals surface area (Å²) >= 11 is 0. The van der Waals surface area contributed by atoms with Gasteiger partial charge in [-0.25, -0.2) is 27.3 Å². The van der Waals surface area contributed by atoms with Crippen molar-refractivity contribution in [1.82, 2.24) is 4.98 Å². The van der Waals surface area contributed by atoms with E-state index < -0.39 is 29.0 Å². The van der Waals surface area contributed by atoms with Crippen LogP contribution in [0.3, 0.4) is 0 Å². The third-order valence-electron chi connectivity index (χ3n) is 1.89. The molecule has 1 aromatic heterocycles. The summed E-state index contributed by atoms with van der Waals surface area (Å²) in [6, 6.07) is 2.41. The van der Waals surface area contributed by atoms with Crippen molar-refractivity contribution in [2.45, 2.75) is 10.8 Å². The first kappa shape index (κ1) is 13.7. The van der Waals surface area contributed by atoms with Crippen LogP contribution < -0.4 is 16.2 Å². The Morgan fingerprint density at radius 2 is 2.06 bits per heavy atom. The van der Waals surface area contributed by atoms with Crippen LogP contribution in [0.1, 0.15) is 0 Å². The first-order valence-electron chi connectivity index (χ1n) is 4.55. The number of nitrogens with one attached hydrogen (secondary N) is 1. The molecule has 96 valence electrons. The van der Waals surface area contributed by atoms with E-state index in [1.54, 1.807) is 0 Å². The van der Waals surface area contributed by atoms with Crippen LogP contribution >= 0.6 is 0 Å². The molecule has 0 atom stereocenters. The second-order valence-electron chi connectivity index (χ2n) is 3.34.